The first kappa shape index (κ1) is 15.3. The van der Waals surface area contributed by atoms with E-state index in [4.69, 9.17) is 16.3 Å². The Morgan fingerprint density at radius 3 is 2.80 bits per heavy atom. The highest BCUT2D eigenvalue weighted by Crippen LogP contribution is 2.29. The molecule has 0 radical (unpaired) electrons. The van der Waals surface area contributed by atoms with Crippen molar-refractivity contribution in [2.45, 2.75) is 18.6 Å². The number of rotatable bonds is 3. The van der Waals surface area contributed by atoms with Crippen molar-refractivity contribution in [3.63, 3.8) is 0 Å². The SMILES string of the molecule is COC1CC(C(=O)O)N(C(=O)c2cccc(Br)c2Cl)C1. The number of aliphatic carboxylic acids is 1. The van der Waals surface area contributed by atoms with Crippen molar-refractivity contribution < 1.29 is 19.4 Å². The summed E-state index contributed by atoms with van der Waals surface area (Å²) in [5, 5.41) is 9.51. The first-order valence-corrected chi connectivity index (χ1v) is 7.13. The molecule has 0 spiro atoms. The van der Waals surface area contributed by atoms with Crippen molar-refractivity contribution in [1.82, 2.24) is 4.90 Å². The van der Waals surface area contributed by atoms with Crippen LogP contribution in [0.15, 0.2) is 22.7 Å². The minimum Gasteiger partial charge on any atom is -0.480 e. The van der Waals surface area contributed by atoms with Crippen LogP contribution >= 0.6 is 27.5 Å². The number of halogens is 2. The van der Waals surface area contributed by atoms with Crippen LogP contribution in [0.4, 0.5) is 0 Å². The molecule has 1 N–H and O–H groups in total. The summed E-state index contributed by atoms with van der Waals surface area (Å²) in [6.07, 6.45) is 0.00871. The monoisotopic (exact) mass is 361 g/mol. The molecule has 108 valence electrons. The van der Waals surface area contributed by atoms with Gasteiger partial charge >= 0.3 is 5.97 Å². The van der Waals surface area contributed by atoms with E-state index in [-0.39, 0.29) is 29.7 Å². The second-order valence-electron chi connectivity index (χ2n) is 4.51. The molecule has 1 aliphatic heterocycles. The highest BCUT2D eigenvalue weighted by molar-refractivity contribution is 9.10. The zero-order valence-electron chi connectivity index (χ0n) is 10.7. The van der Waals surface area contributed by atoms with E-state index in [9.17, 15) is 14.7 Å². The highest BCUT2D eigenvalue weighted by atomic mass is 79.9. The number of carbonyl (C=O) groups excluding carboxylic acids is 1. The lowest BCUT2D eigenvalue weighted by Gasteiger charge is -2.22. The molecule has 1 aromatic carbocycles. The van der Waals surface area contributed by atoms with Crippen LogP contribution in [-0.2, 0) is 9.53 Å². The Hall–Kier alpha value is -1.11. The lowest BCUT2D eigenvalue weighted by atomic mass is 10.1. The summed E-state index contributed by atoms with van der Waals surface area (Å²) in [5.41, 5.74) is 0.282. The molecule has 1 aliphatic rings. The Morgan fingerprint density at radius 2 is 2.20 bits per heavy atom. The van der Waals surface area contributed by atoms with Gasteiger partial charge in [-0.15, -0.1) is 0 Å². The summed E-state index contributed by atoms with van der Waals surface area (Å²) < 4.78 is 5.76. The van der Waals surface area contributed by atoms with Crippen LogP contribution < -0.4 is 0 Å². The molecule has 5 nitrogen and oxygen atoms in total. The molecule has 1 heterocycles. The van der Waals surface area contributed by atoms with Gasteiger partial charge < -0.3 is 14.7 Å². The topological polar surface area (TPSA) is 66.8 Å². The van der Waals surface area contributed by atoms with Crippen LogP contribution in [0.1, 0.15) is 16.8 Å². The summed E-state index contributed by atoms with van der Waals surface area (Å²) in [6, 6.07) is 4.09. The lowest BCUT2D eigenvalue weighted by Crippen LogP contribution is -2.40. The average molecular weight is 363 g/mol. The molecular formula is C13H13BrClNO4. The van der Waals surface area contributed by atoms with Crippen LogP contribution in [-0.4, -0.2) is 47.7 Å². The Morgan fingerprint density at radius 1 is 1.50 bits per heavy atom. The van der Waals surface area contributed by atoms with E-state index in [2.05, 4.69) is 15.9 Å². The fourth-order valence-corrected chi connectivity index (χ4v) is 2.82. The van der Waals surface area contributed by atoms with Gasteiger partial charge in [0.15, 0.2) is 0 Å². The maximum absolute atomic E-state index is 12.5. The second-order valence-corrected chi connectivity index (χ2v) is 5.74. The smallest absolute Gasteiger partial charge is 0.326 e. The fourth-order valence-electron chi connectivity index (χ4n) is 2.25. The summed E-state index contributed by atoms with van der Waals surface area (Å²) in [7, 11) is 1.50. The van der Waals surface area contributed by atoms with Crippen LogP contribution in [0.3, 0.4) is 0 Å². The Bertz CT molecular complexity index is 551. The van der Waals surface area contributed by atoms with Crippen LogP contribution in [0.5, 0.6) is 0 Å². The molecule has 0 saturated carbocycles. The first-order valence-electron chi connectivity index (χ1n) is 5.96. The van der Waals surface area contributed by atoms with Crippen molar-refractivity contribution in [2.24, 2.45) is 0 Å². The number of methoxy groups -OCH3 is 1. The maximum Gasteiger partial charge on any atom is 0.326 e. The molecule has 1 aromatic rings. The van der Waals surface area contributed by atoms with Crippen molar-refractivity contribution in [3.05, 3.63) is 33.3 Å². The Balaban J connectivity index is 2.31. The summed E-state index contributed by atoms with van der Waals surface area (Å²) in [4.78, 5) is 25.1. The summed E-state index contributed by atoms with van der Waals surface area (Å²) >= 11 is 9.34. The number of carboxylic acids is 1. The van der Waals surface area contributed by atoms with Gasteiger partial charge in [-0.1, -0.05) is 17.7 Å². The van der Waals surface area contributed by atoms with Crippen LogP contribution in [0.25, 0.3) is 0 Å². The predicted octanol–water partition coefficient (Wildman–Crippen LogP) is 2.42. The molecule has 2 atom stereocenters. The second kappa shape index (κ2) is 6.11. The van der Waals surface area contributed by atoms with Gasteiger partial charge in [-0.3, -0.25) is 4.79 Å². The molecule has 2 unspecified atom stereocenters. The number of hydrogen-bond acceptors (Lipinski definition) is 3. The number of benzene rings is 1. The van der Waals surface area contributed by atoms with Crippen molar-refractivity contribution in [2.75, 3.05) is 13.7 Å². The van der Waals surface area contributed by atoms with Gasteiger partial charge in [-0.05, 0) is 28.1 Å². The van der Waals surface area contributed by atoms with E-state index in [1.807, 2.05) is 0 Å². The largest absolute Gasteiger partial charge is 0.480 e. The van der Waals surface area contributed by atoms with E-state index in [1.54, 1.807) is 18.2 Å². The maximum atomic E-state index is 12.5. The molecule has 0 aromatic heterocycles. The third kappa shape index (κ3) is 2.82. The molecule has 0 bridgehead atoms. The molecule has 7 heteroatoms. The summed E-state index contributed by atoms with van der Waals surface area (Å²) in [5.74, 6) is -1.44. The van der Waals surface area contributed by atoms with E-state index in [0.29, 0.717) is 4.47 Å². The number of carboxylic acid groups (broad SMARTS) is 1. The lowest BCUT2D eigenvalue weighted by molar-refractivity contribution is -0.141. The zero-order chi connectivity index (χ0) is 14.9. The number of nitrogens with zero attached hydrogens (tertiary/aromatic N) is 1. The Labute approximate surface area is 129 Å². The third-order valence-corrected chi connectivity index (χ3v) is 4.62. The van der Waals surface area contributed by atoms with Gasteiger partial charge in [0.1, 0.15) is 6.04 Å². The molecule has 1 saturated heterocycles. The number of ether oxygens (including phenoxy) is 1. The fraction of sp³-hybridized carbons (Fsp3) is 0.385. The van der Waals surface area contributed by atoms with Crippen molar-refractivity contribution in [3.8, 4) is 0 Å². The molecule has 1 fully saturated rings. The quantitative estimate of drug-likeness (QED) is 0.897. The van der Waals surface area contributed by atoms with E-state index in [1.165, 1.54) is 12.0 Å². The van der Waals surface area contributed by atoms with Gasteiger partial charge in [-0.25, -0.2) is 4.79 Å². The molecule has 2 rings (SSSR count). The summed E-state index contributed by atoms with van der Waals surface area (Å²) in [6.45, 7) is 0.245. The number of carbonyl (C=O) groups is 2. The van der Waals surface area contributed by atoms with Crippen molar-refractivity contribution >= 4 is 39.4 Å². The highest BCUT2D eigenvalue weighted by Gasteiger charge is 2.40. The van der Waals surface area contributed by atoms with Crippen LogP contribution in [0.2, 0.25) is 5.02 Å². The average Bonchev–Trinajstić information content (AvgIpc) is 2.85. The first-order chi connectivity index (χ1) is 9.45. The Kier molecular flexibility index (Phi) is 4.67. The molecular weight excluding hydrogens is 350 g/mol. The van der Waals surface area contributed by atoms with E-state index >= 15 is 0 Å². The number of likely N-dealkylation sites (tertiary alicyclic amines) is 1. The standard InChI is InChI=1S/C13H13BrClNO4/c1-20-7-5-10(13(18)19)16(6-7)12(17)8-3-2-4-9(14)11(8)15/h2-4,7,10H,5-6H2,1H3,(H,18,19). The van der Waals surface area contributed by atoms with Gasteiger partial charge in [-0.2, -0.15) is 0 Å². The number of amides is 1. The minimum atomic E-state index is -1.04. The third-order valence-electron chi connectivity index (χ3n) is 3.32. The van der Waals surface area contributed by atoms with E-state index < -0.39 is 17.9 Å². The predicted molar refractivity (Wildman–Crippen MR) is 77.0 cm³/mol. The molecule has 1 amide bonds. The zero-order valence-corrected chi connectivity index (χ0v) is 13.0. The van der Waals surface area contributed by atoms with Gasteiger partial charge in [0.25, 0.3) is 5.91 Å². The van der Waals surface area contributed by atoms with Crippen LogP contribution in [0, 0.1) is 0 Å². The van der Waals surface area contributed by atoms with Gasteiger partial charge in [0.05, 0.1) is 16.7 Å². The van der Waals surface area contributed by atoms with Gasteiger partial charge in [0.2, 0.25) is 0 Å². The van der Waals surface area contributed by atoms with Gasteiger partial charge in [0, 0.05) is 24.5 Å². The minimum absolute atomic E-state index is 0.245. The normalized spacial score (nSPS) is 22.1. The number of hydrogen-bond donors (Lipinski definition) is 1. The van der Waals surface area contributed by atoms with E-state index in [0.717, 1.165) is 0 Å². The van der Waals surface area contributed by atoms with Crippen molar-refractivity contribution in [1.29, 1.82) is 0 Å². The molecule has 0 aliphatic carbocycles. The molecule has 20 heavy (non-hydrogen) atoms.